The van der Waals surface area contributed by atoms with Gasteiger partial charge in [0.2, 0.25) is 0 Å². The number of hydrogen-bond acceptors (Lipinski definition) is 3. The number of benzene rings is 2. The quantitative estimate of drug-likeness (QED) is 0.659. The molecule has 0 atom stereocenters. The maximum absolute atomic E-state index is 13.7. The van der Waals surface area contributed by atoms with Gasteiger partial charge in [-0.1, -0.05) is 43.3 Å². The Morgan fingerprint density at radius 3 is 2.52 bits per heavy atom. The second kappa shape index (κ2) is 9.10. The van der Waals surface area contributed by atoms with E-state index in [1.165, 1.54) is 18.3 Å². The number of hydrogen-bond donors (Lipinski definition) is 2. The zero-order valence-corrected chi connectivity index (χ0v) is 16.3. The lowest BCUT2D eigenvalue weighted by atomic mass is 10.1. The molecule has 6 heteroatoms. The fraction of sp³-hybridized carbons (Fsp3) is 0.174. The van der Waals surface area contributed by atoms with Crippen molar-refractivity contribution in [2.24, 2.45) is 0 Å². The zero-order chi connectivity index (χ0) is 20.8. The third kappa shape index (κ3) is 4.85. The maximum atomic E-state index is 13.7. The number of amides is 2. The van der Waals surface area contributed by atoms with E-state index in [2.05, 4.69) is 15.6 Å². The van der Waals surface area contributed by atoms with Gasteiger partial charge in [0.1, 0.15) is 11.5 Å². The van der Waals surface area contributed by atoms with Gasteiger partial charge in [-0.2, -0.15) is 0 Å². The van der Waals surface area contributed by atoms with Crippen LogP contribution < -0.4 is 10.6 Å². The van der Waals surface area contributed by atoms with E-state index in [0.29, 0.717) is 11.1 Å². The molecule has 0 aliphatic carbocycles. The minimum atomic E-state index is -0.479. The number of para-hydroxylation sites is 1. The molecule has 0 unspecified atom stereocenters. The predicted octanol–water partition coefficient (Wildman–Crippen LogP) is 4.27. The van der Waals surface area contributed by atoms with Crippen molar-refractivity contribution in [1.29, 1.82) is 0 Å². The van der Waals surface area contributed by atoms with Crippen molar-refractivity contribution in [2.45, 2.75) is 26.8 Å². The monoisotopic (exact) mass is 391 g/mol. The molecule has 1 aromatic heterocycles. The molecule has 29 heavy (non-hydrogen) atoms. The Morgan fingerprint density at radius 1 is 1.00 bits per heavy atom. The highest BCUT2D eigenvalue weighted by Gasteiger charge is 2.14. The molecule has 0 fully saturated rings. The molecule has 2 amide bonds. The molecule has 0 bridgehead atoms. The van der Waals surface area contributed by atoms with Crippen LogP contribution in [0.3, 0.4) is 0 Å². The first-order chi connectivity index (χ1) is 14.0. The smallest absolute Gasteiger partial charge is 0.270 e. The fourth-order valence-corrected chi connectivity index (χ4v) is 2.99. The van der Waals surface area contributed by atoms with Gasteiger partial charge in [0.25, 0.3) is 11.8 Å². The number of aromatic nitrogens is 1. The summed E-state index contributed by atoms with van der Waals surface area (Å²) in [6, 6.07) is 15.0. The summed E-state index contributed by atoms with van der Waals surface area (Å²) in [5.74, 6) is -1.19. The van der Waals surface area contributed by atoms with Crippen LogP contribution in [0.2, 0.25) is 0 Å². The third-order valence-electron chi connectivity index (χ3n) is 4.63. The van der Waals surface area contributed by atoms with Gasteiger partial charge in [0.05, 0.1) is 0 Å². The van der Waals surface area contributed by atoms with Gasteiger partial charge in [0, 0.05) is 29.6 Å². The Hall–Kier alpha value is -3.54. The van der Waals surface area contributed by atoms with Crippen LogP contribution in [0.1, 0.15) is 44.5 Å². The number of nitrogens with one attached hydrogen (secondary N) is 2. The number of carbonyl (C=O) groups is 2. The Morgan fingerprint density at radius 2 is 1.76 bits per heavy atom. The molecule has 0 saturated heterocycles. The molecule has 0 aliphatic rings. The molecule has 0 saturated carbocycles. The molecular formula is C23H22FN3O2. The van der Waals surface area contributed by atoms with E-state index in [1.807, 2.05) is 32.0 Å². The van der Waals surface area contributed by atoms with Crippen molar-refractivity contribution in [1.82, 2.24) is 10.3 Å². The van der Waals surface area contributed by atoms with Crippen LogP contribution in [0.25, 0.3) is 0 Å². The lowest BCUT2D eigenvalue weighted by molar-refractivity contribution is 0.0945. The zero-order valence-electron chi connectivity index (χ0n) is 16.3. The van der Waals surface area contributed by atoms with Crippen LogP contribution in [0.5, 0.6) is 0 Å². The SMILES string of the molecule is CCc1cccc(C)c1NC(=O)c1ccnc(C(=O)NCc2ccccc2F)c1. The minimum absolute atomic E-state index is 0.0344. The van der Waals surface area contributed by atoms with Gasteiger partial charge in [-0.3, -0.25) is 14.6 Å². The lowest BCUT2D eigenvalue weighted by Gasteiger charge is -2.13. The summed E-state index contributed by atoms with van der Waals surface area (Å²) in [4.78, 5) is 29.1. The number of halogens is 1. The third-order valence-corrected chi connectivity index (χ3v) is 4.63. The van der Waals surface area contributed by atoms with Crippen LogP contribution in [0.4, 0.5) is 10.1 Å². The average molecular weight is 391 g/mol. The largest absolute Gasteiger partial charge is 0.347 e. The average Bonchev–Trinajstić information content (AvgIpc) is 2.74. The van der Waals surface area contributed by atoms with Gasteiger partial charge < -0.3 is 10.6 Å². The highest BCUT2D eigenvalue weighted by Crippen LogP contribution is 2.22. The molecule has 1 heterocycles. The van der Waals surface area contributed by atoms with E-state index < -0.39 is 5.91 Å². The minimum Gasteiger partial charge on any atom is -0.347 e. The number of anilines is 1. The molecule has 148 valence electrons. The number of rotatable bonds is 6. The Kier molecular flexibility index (Phi) is 6.34. The molecule has 5 nitrogen and oxygen atoms in total. The lowest BCUT2D eigenvalue weighted by Crippen LogP contribution is -2.25. The molecular weight excluding hydrogens is 369 g/mol. The summed E-state index contributed by atoms with van der Waals surface area (Å²) >= 11 is 0. The molecule has 2 aromatic carbocycles. The Bertz CT molecular complexity index is 1050. The van der Waals surface area contributed by atoms with Gasteiger partial charge in [-0.05, 0) is 42.7 Å². The van der Waals surface area contributed by atoms with Crippen molar-refractivity contribution in [3.05, 3.63) is 94.6 Å². The predicted molar refractivity (Wildman–Crippen MR) is 110 cm³/mol. The number of pyridine rings is 1. The highest BCUT2D eigenvalue weighted by atomic mass is 19.1. The van der Waals surface area contributed by atoms with Crippen LogP contribution in [0.15, 0.2) is 60.8 Å². The summed E-state index contributed by atoms with van der Waals surface area (Å²) in [7, 11) is 0. The molecule has 0 aliphatic heterocycles. The second-order valence-electron chi connectivity index (χ2n) is 6.62. The van der Waals surface area contributed by atoms with Gasteiger partial charge >= 0.3 is 0 Å². The molecule has 3 rings (SSSR count). The first kappa shape index (κ1) is 20.2. The summed E-state index contributed by atoms with van der Waals surface area (Å²) in [6.45, 7) is 3.99. The number of aryl methyl sites for hydroxylation is 2. The Labute approximate surface area is 169 Å². The summed E-state index contributed by atoms with van der Waals surface area (Å²) < 4.78 is 13.7. The van der Waals surface area contributed by atoms with E-state index in [9.17, 15) is 14.0 Å². The van der Waals surface area contributed by atoms with Crippen molar-refractivity contribution >= 4 is 17.5 Å². The first-order valence-electron chi connectivity index (χ1n) is 9.37. The highest BCUT2D eigenvalue weighted by molar-refractivity contribution is 6.06. The van der Waals surface area contributed by atoms with E-state index in [4.69, 9.17) is 0 Å². The van der Waals surface area contributed by atoms with E-state index in [0.717, 1.165) is 23.2 Å². The number of nitrogens with zero attached hydrogens (tertiary/aromatic N) is 1. The summed E-state index contributed by atoms with van der Waals surface area (Å²) in [6.07, 6.45) is 2.20. The number of carbonyl (C=O) groups excluding carboxylic acids is 2. The van der Waals surface area contributed by atoms with E-state index in [-0.39, 0.29) is 24.0 Å². The van der Waals surface area contributed by atoms with Gasteiger partial charge in [-0.15, -0.1) is 0 Å². The van der Waals surface area contributed by atoms with Gasteiger partial charge in [-0.25, -0.2) is 4.39 Å². The molecule has 0 spiro atoms. The maximum Gasteiger partial charge on any atom is 0.270 e. The standard InChI is InChI=1S/C23H22FN3O2/c1-3-16-9-6-7-15(2)21(16)27-22(28)17-11-12-25-20(13-17)23(29)26-14-18-8-4-5-10-19(18)24/h4-13H,3,14H2,1-2H3,(H,26,29)(H,27,28). The Balaban J connectivity index is 1.73. The molecule has 0 radical (unpaired) electrons. The van der Waals surface area contributed by atoms with Crippen LogP contribution in [-0.2, 0) is 13.0 Å². The van der Waals surface area contributed by atoms with Crippen molar-refractivity contribution in [2.75, 3.05) is 5.32 Å². The van der Waals surface area contributed by atoms with Crippen molar-refractivity contribution in [3.63, 3.8) is 0 Å². The summed E-state index contributed by atoms with van der Waals surface area (Å²) in [5, 5.41) is 5.56. The van der Waals surface area contributed by atoms with Crippen LogP contribution >= 0.6 is 0 Å². The summed E-state index contributed by atoms with van der Waals surface area (Å²) in [5.41, 5.74) is 3.57. The van der Waals surface area contributed by atoms with Crippen LogP contribution in [0, 0.1) is 12.7 Å². The van der Waals surface area contributed by atoms with Crippen molar-refractivity contribution in [3.8, 4) is 0 Å². The fourth-order valence-electron chi connectivity index (χ4n) is 2.99. The first-order valence-corrected chi connectivity index (χ1v) is 9.37. The van der Waals surface area contributed by atoms with Crippen molar-refractivity contribution < 1.29 is 14.0 Å². The van der Waals surface area contributed by atoms with Crippen LogP contribution in [-0.4, -0.2) is 16.8 Å². The van der Waals surface area contributed by atoms with Gasteiger partial charge in [0.15, 0.2) is 0 Å². The van der Waals surface area contributed by atoms with E-state index in [1.54, 1.807) is 24.3 Å². The topological polar surface area (TPSA) is 71.1 Å². The van der Waals surface area contributed by atoms with E-state index >= 15 is 0 Å². The molecule has 2 N–H and O–H groups in total. The normalized spacial score (nSPS) is 10.4. The molecule has 3 aromatic rings. The second-order valence-corrected chi connectivity index (χ2v) is 6.62.